The number of Topliss-reactive ketones (excluding diaryl/α,β-unsaturated/α-hetero) is 1. The van der Waals surface area contributed by atoms with Crippen LogP contribution in [-0.2, 0) is 4.79 Å². The highest BCUT2D eigenvalue weighted by Crippen LogP contribution is 2.11. The van der Waals surface area contributed by atoms with Gasteiger partial charge in [0.1, 0.15) is 0 Å². The molecule has 106 valence electrons. The third-order valence-corrected chi connectivity index (χ3v) is 3.38. The van der Waals surface area contributed by atoms with Gasteiger partial charge in [0.2, 0.25) is 0 Å². The highest BCUT2D eigenvalue weighted by atomic mass is 16.1. The molecule has 0 bridgehead atoms. The maximum absolute atomic E-state index is 11.5. The van der Waals surface area contributed by atoms with Crippen molar-refractivity contribution in [2.24, 2.45) is 5.73 Å². The van der Waals surface area contributed by atoms with Gasteiger partial charge < -0.3 is 5.73 Å². The molecule has 0 aliphatic rings. The highest BCUT2D eigenvalue weighted by molar-refractivity contribution is 5.98. The van der Waals surface area contributed by atoms with E-state index < -0.39 is 0 Å². The van der Waals surface area contributed by atoms with Crippen LogP contribution in [0.3, 0.4) is 0 Å². The van der Waals surface area contributed by atoms with Crippen LogP contribution < -0.4 is 5.73 Å². The summed E-state index contributed by atoms with van der Waals surface area (Å²) in [5.74, 6) is 0.0227. The van der Waals surface area contributed by atoms with Crippen molar-refractivity contribution in [1.82, 2.24) is 0 Å². The van der Waals surface area contributed by atoms with Gasteiger partial charge >= 0.3 is 0 Å². The van der Waals surface area contributed by atoms with Gasteiger partial charge in [-0.25, -0.2) is 0 Å². The lowest BCUT2D eigenvalue weighted by Gasteiger charge is -2.09. The summed E-state index contributed by atoms with van der Waals surface area (Å²) in [5.41, 5.74) is 6.39. The Morgan fingerprint density at radius 2 is 1.44 bits per heavy atom. The van der Waals surface area contributed by atoms with Crippen LogP contribution in [0.15, 0.2) is 12.2 Å². The molecular weight excluding hydrogens is 222 g/mol. The van der Waals surface area contributed by atoms with Crippen molar-refractivity contribution in [2.75, 3.05) is 0 Å². The van der Waals surface area contributed by atoms with E-state index in [1.54, 1.807) is 6.92 Å². The van der Waals surface area contributed by atoms with E-state index in [4.69, 9.17) is 5.73 Å². The molecule has 0 spiro atoms. The molecule has 0 rings (SSSR count). The zero-order chi connectivity index (χ0) is 13.8. The number of hydrogen-bond acceptors (Lipinski definition) is 2. The summed E-state index contributed by atoms with van der Waals surface area (Å²) in [6.45, 7) is 7.62. The zero-order valence-corrected chi connectivity index (χ0v) is 12.3. The molecule has 0 fully saturated rings. The molecule has 0 aliphatic carbocycles. The van der Waals surface area contributed by atoms with Crippen molar-refractivity contribution in [1.29, 1.82) is 0 Å². The molecule has 0 saturated carbocycles. The van der Waals surface area contributed by atoms with Gasteiger partial charge in [0, 0.05) is 0 Å². The summed E-state index contributed by atoms with van der Waals surface area (Å²) in [6.07, 6.45) is 12.5. The van der Waals surface area contributed by atoms with Crippen molar-refractivity contribution in [2.45, 2.75) is 84.1 Å². The molecule has 0 aromatic heterocycles. The Bertz CT molecular complexity index is 235. The van der Waals surface area contributed by atoms with Gasteiger partial charge in [-0.15, -0.1) is 0 Å². The molecule has 18 heavy (non-hydrogen) atoms. The van der Waals surface area contributed by atoms with Crippen LogP contribution in [0, 0.1) is 0 Å². The third kappa shape index (κ3) is 9.41. The second kappa shape index (κ2) is 11.5. The Kier molecular flexibility index (Phi) is 11.1. The van der Waals surface area contributed by atoms with Crippen LogP contribution in [-0.4, -0.2) is 11.8 Å². The predicted octanol–water partition coefficient (Wildman–Crippen LogP) is 4.38. The van der Waals surface area contributed by atoms with Crippen LogP contribution in [0.4, 0.5) is 0 Å². The predicted molar refractivity (Wildman–Crippen MR) is 79.6 cm³/mol. The molecule has 0 heterocycles. The molecule has 1 unspecified atom stereocenters. The van der Waals surface area contributed by atoms with E-state index in [-0.39, 0.29) is 11.8 Å². The summed E-state index contributed by atoms with van der Waals surface area (Å²) in [5, 5.41) is 0. The fourth-order valence-electron chi connectivity index (χ4n) is 2.12. The van der Waals surface area contributed by atoms with Crippen molar-refractivity contribution >= 4 is 5.78 Å². The summed E-state index contributed by atoms with van der Waals surface area (Å²) < 4.78 is 0. The third-order valence-electron chi connectivity index (χ3n) is 3.38. The van der Waals surface area contributed by atoms with Crippen molar-refractivity contribution < 1.29 is 4.79 Å². The Morgan fingerprint density at radius 3 is 1.89 bits per heavy atom. The topological polar surface area (TPSA) is 43.1 Å². The van der Waals surface area contributed by atoms with Gasteiger partial charge in [-0.1, -0.05) is 71.3 Å². The quantitative estimate of drug-likeness (QED) is 0.414. The van der Waals surface area contributed by atoms with E-state index in [1.165, 1.54) is 51.4 Å². The van der Waals surface area contributed by atoms with E-state index >= 15 is 0 Å². The number of unbranched alkanes of at least 4 members (excludes halogenated alkanes) is 8. The monoisotopic (exact) mass is 253 g/mol. The standard InChI is InChI=1S/C16H31NO/c1-4-5-6-7-8-9-10-11-12-13-15(17)16(18)14(2)3/h15H,2,4-13,17H2,1,3H3. The second-order valence-electron chi connectivity index (χ2n) is 5.37. The molecule has 2 heteroatoms. The molecule has 2 nitrogen and oxygen atoms in total. The number of hydrogen-bond donors (Lipinski definition) is 1. The average Bonchev–Trinajstić information content (AvgIpc) is 2.35. The first-order chi connectivity index (χ1) is 8.59. The molecule has 0 aromatic rings. The molecule has 1 atom stereocenters. The maximum atomic E-state index is 11.5. The molecule has 0 aromatic carbocycles. The SMILES string of the molecule is C=C(C)C(=O)C(N)CCCCCCCCCCC. The van der Waals surface area contributed by atoms with Crippen molar-refractivity contribution in [3.8, 4) is 0 Å². The van der Waals surface area contributed by atoms with Gasteiger partial charge in [-0.05, 0) is 18.9 Å². The Labute approximate surface area is 113 Å². The zero-order valence-electron chi connectivity index (χ0n) is 12.3. The molecule has 0 radical (unpaired) electrons. The Balaban J connectivity index is 3.30. The van der Waals surface area contributed by atoms with Crippen LogP contribution in [0.25, 0.3) is 0 Å². The summed E-state index contributed by atoms with van der Waals surface area (Å²) in [7, 11) is 0. The average molecular weight is 253 g/mol. The first kappa shape index (κ1) is 17.4. The molecule has 0 saturated heterocycles. The molecule has 0 aliphatic heterocycles. The minimum Gasteiger partial charge on any atom is -0.321 e. The minimum absolute atomic E-state index is 0.0227. The van der Waals surface area contributed by atoms with Gasteiger partial charge in [0.15, 0.2) is 5.78 Å². The second-order valence-corrected chi connectivity index (χ2v) is 5.37. The fraction of sp³-hybridized carbons (Fsp3) is 0.812. The van der Waals surface area contributed by atoms with Gasteiger partial charge in [-0.3, -0.25) is 4.79 Å². The van der Waals surface area contributed by atoms with Crippen molar-refractivity contribution in [3.63, 3.8) is 0 Å². The summed E-state index contributed by atoms with van der Waals surface area (Å²) >= 11 is 0. The largest absolute Gasteiger partial charge is 0.321 e. The van der Waals surface area contributed by atoms with E-state index in [2.05, 4.69) is 13.5 Å². The van der Waals surface area contributed by atoms with Gasteiger partial charge in [0.25, 0.3) is 0 Å². The normalized spacial score (nSPS) is 12.4. The molecule has 2 N–H and O–H groups in total. The van der Waals surface area contributed by atoms with Crippen LogP contribution in [0.2, 0.25) is 0 Å². The van der Waals surface area contributed by atoms with E-state index in [0.29, 0.717) is 5.57 Å². The van der Waals surface area contributed by atoms with Gasteiger partial charge in [-0.2, -0.15) is 0 Å². The van der Waals surface area contributed by atoms with Gasteiger partial charge in [0.05, 0.1) is 6.04 Å². The van der Waals surface area contributed by atoms with E-state index in [9.17, 15) is 4.79 Å². The first-order valence-electron chi connectivity index (χ1n) is 7.55. The van der Waals surface area contributed by atoms with Crippen LogP contribution in [0.1, 0.15) is 78.1 Å². The minimum atomic E-state index is -0.327. The lowest BCUT2D eigenvalue weighted by Crippen LogP contribution is -2.30. The van der Waals surface area contributed by atoms with E-state index in [1.807, 2.05) is 0 Å². The molecular formula is C16H31NO. The number of nitrogens with two attached hydrogens (primary N) is 1. The highest BCUT2D eigenvalue weighted by Gasteiger charge is 2.12. The first-order valence-corrected chi connectivity index (χ1v) is 7.55. The number of rotatable bonds is 12. The number of carbonyl (C=O) groups is 1. The maximum Gasteiger partial charge on any atom is 0.174 e. The Morgan fingerprint density at radius 1 is 1.00 bits per heavy atom. The van der Waals surface area contributed by atoms with Crippen molar-refractivity contribution in [3.05, 3.63) is 12.2 Å². The summed E-state index contributed by atoms with van der Waals surface area (Å²) in [4.78, 5) is 11.5. The van der Waals surface area contributed by atoms with E-state index in [0.717, 1.165) is 12.8 Å². The van der Waals surface area contributed by atoms with Crippen LogP contribution >= 0.6 is 0 Å². The lowest BCUT2D eigenvalue weighted by molar-refractivity contribution is -0.116. The Hall–Kier alpha value is -0.630. The molecule has 0 amide bonds. The number of carbonyl (C=O) groups excluding carboxylic acids is 1. The number of ketones is 1. The summed E-state index contributed by atoms with van der Waals surface area (Å²) in [6, 6.07) is -0.327. The van der Waals surface area contributed by atoms with Crippen LogP contribution in [0.5, 0.6) is 0 Å². The smallest absolute Gasteiger partial charge is 0.174 e. The lowest BCUT2D eigenvalue weighted by atomic mass is 10.0. The fourth-order valence-corrected chi connectivity index (χ4v) is 2.12.